The van der Waals surface area contributed by atoms with Crippen LogP contribution in [0.15, 0.2) is 59.5 Å². The smallest absolute Gasteiger partial charge is 0.419 e. The molecule has 0 bridgehead atoms. The maximum Gasteiger partial charge on any atom is 0.419 e. The highest BCUT2D eigenvalue weighted by atomic mass is 32.2. The fourth-order valence-electron chi connectivity index (χ4n) is 2.67. The van der Waals surface area contributed by atoms with E-state index in [9.17, 15) is 26.4 Å². The average Bonchev–Trinajstić information content (AvgIpc) is 2.67. The number of alkyl halides is 3. The third kappa shape index (κ3) is 5.59. The Kier molecular flexibility index (Phi) is 7.62. The van der Waals surface area contributed by atoms with E-state index in [1.54, 1.807) is 42.0 Å². The van der Waals surface area contributed by atoms with Crippen LogP contribution in [-0.2, 0) is 26.1 Å². The molecule has 30 heavy (non-hydrogen) atoms. The summed E-state index contributed by atoms with van der Waals surface area (Å²) in [6.07, 6.45) is -5.26. The molecule has 6 nitrogen and oxygen atoms in total. The lowest BCUT2D eigenvalue weighted by Crippen LogP contribution is -2.68. The van der Waals surface area contributed by atoms with Gasteiger partial charge in [0.05, 0.1) is 11.5 Å². The molecule has 0 aliphatic heterocycles. The number of halogens is 3. The Labute approximate surface area is 173 Å². The van der Waals surface area contributed by atoms with Gasteiger partial charge in [-0.3, -0.25) is 0 Å². The van der Waals surface area contributed by atoms with Crippen molar-refractivity contribution in [3.63, 3.8) is 0 Å². The summed E-state index contributed by atoms with van der Waals surface area (Å²) in [6.45, 7) is 1.64. The fourth-order valence-corrected chi connectivity index (χ4v) is 4.02. The summed E-state index contributed by atoms with van der Waals surface area (Å²) in [5.74, 6) is -1.73. The number of aryl methyl sites for hydroxylation is 1. The van der Waals surface area contributed by atoms with Crippen molar-refractivity contribution in [1.29, 1.82) is 0 Å². The summed E-state index contributed by atoms with van der Waals surface area (Å²) in [6, 6.07) is 13.8. The molecule has 0 aromatic heterocycles. The Bertz CT molecular complexity index is 948. The lowest BCUT2D eigenvalue weighted by Gasteiger charge is -2.34. The molecule has 10 heteroatoms. The number of ether oxygens (including phenoxy) is 1. The van der Waals surface area contributed by atoms with Crippen molar-refractivity contribution < 1.29 is 31.1 Å². The molecule has 2 aromatic rings. The number of rotatable bonds is 9. The monoisotopic (exact) mass is 444 g/mol. The minimum Gasteiger partial charge on any atom is -0.464 e. The molecule has 0 aliphatic rings. The van der Waals surface area contributed by atoms with E-state index in [0.717, 1.165) is 5.56 Å². The standard InChI is InChI=1S/C20H23F3N2O4S/c1-3-29-18(26)19(20(21,22)23,14-24-13-16-7-5-4-6-8-16)25-30(27,28)17-11-9-15(2)10-12-17/h4-12,24-25H,3,13-14H2,1-2H3/t19-/m0/s1. The summed E-state index contributed by atoms with van der Waals surface area (Å²) in [5, 5.41) is 2.52. The molecule has 164 valence electrons. The summed E-state index contributed by atoms with van der Waals surface area (Å²) in [4.78, 5) is 12.0. The van der Waals surface area contributed by atoms with Gasteiger partial charge in [0, 0.05) is 13.1 Å². The molecule has 0 saturated heterocycles. The normalized spacial score (nSPS) is 14.2. The van der Waals surface area contributed by atoms with E-state index in [1.807, 2.05) is 0 Å². The SMILES string of the molecule is CCOC(=O)[C@](CNCc1ccccc1)(NS(=O)(=O)c1ccc(C)cc1)C(F)(F)F. The van der Waals surface area contributed by atoms with Crippen LogP contribution in [0.4, 0.5) is 13.2 Å². The van der Waals surface area contributed by atoms with Crippen LogP contribution in [0.2, 0.25) is 0 Å². The molecule has 2 rings (SSSR count). The number of carbonyl (C=O) groups excluding carboxylic acids is 1. The predicted octanol–water partition coefficient (Wildman–Crippen LogP) is 2.93. The van der Waals surface area contributed by atoms with E-state index in [-0.39, 0.29) is 13.2 Å². The number of benzene rings is 2. The highest BCUT2D eigenvalue weighted by molar-refractivity contribution is 7.89. The van der Waals surface area contributed by atoms with Crippen molar-refractivity contribution in [3.8, 4) is 0 Å². The maximum absolute atomic E-state index is 14.1. The summed E-state index contributed by atoms with van der Waals surface area (Å²) in [7, 11) is -4.69. The molecule has 2 N–H and O–H groups in total. The number of nitrogens with one attached hydrogen (secondary N) is 2. The average molecular weight is 444 g/mol. The van der Waals surface area contributed by atoms with Crippen molar-refractivity contribution in [2.75, 3.05) is 13.2 Å². The van der Waals surface area contributed by atoms with Crippen molar-refractivity contribution in [3.05, 3.63) is 65.7 Å². The first-order chi connectivity index (χ1) is 14.0. The van der Waals surface area contributed by atoms with Crippen molar-refractivity contribution in [1.82, 2.24) is 10.0 Å². The van der Waals surface area contributed by atoms with Gasteiger partial charge in [0.1, 0.15) is 0 Å². The van der Waals surface area contributed by atoms with Crippen LogP contribution in [0.25, 0.3) is 0 Å². The van der Waals surface area contributed by atoms with Crippen LogP contribution in [0, 0.1) is 6.92 Å². The van der Waals surface area contributed by atoms with Crippen molar-refractivity contribution in [2.24, 2.45) is 0 Å². The molecule has 0 heterocycles. The van der Waals surface area contributed by atoms with E-state index in [4.69, 9.17) is 0 Å². The van der Waals surface area contributed by atoms with Gasteiger partial charge in [-0.15, -0.1) is 0 Å². The molecule has 0 unspecified atom stereocenters. The lowest BCUT2D eigenvalue weighted by atomic mass is 10.00. The Morgan fingerprint density at radius 1 is 1.03 bits per heavy atom. The molecule has 0 aliphatic carbocycles. The maximum atomic E-state index is 14.1. The van der Waals surface area contributed by atoms with Crippen LogP contribution in [0.3, 0.4) is 0 Å². The second-order valence-electron chi connectivity index (χ2n) is 6.63. The number of carbonyl (C=O) groups is 1. The lowest BCUT2D eigenvalue weighted by molar-refractivity contribution is -0.208. The van der Waals surface area contributed by atoms with Gasteiger partial charge in [-0.05, 0) is 31.5 Å². The van der Waals surface area contributed by atoms with Gasteiger partial charge in [0.15, 0.2) is 0 Å². The van der Waals surface area contributed by atoms with Crippen LogP contribution in [-0.4, -0.2) is 39.3 Å². The van der Waals surface area contributed by atoms with Gasteiger partial charge in [0.2, 0.25) is 15.6 Å². The molecule has 0 spiro atoms. The fraction of sp³-hybridized carbons (Fsp3) is 0.350. The van der Waals surface area contributed by atoms with Crippen molar-refractivity contribution >= 4 is 16.0 Å². The first-order valence-electron chi connectivity index (χ1n) is 9.11. The zero-order chi connectivity index (χ0) is 22.4. The van der Waals surface area contributed by atoms with Gasteiger partial charge in [0.25, 0.3) is 0 Å². The highest BCUT2D eigenvalue weighted by Gasteiger charge is 2.63. The van der Waals surface area contributed by atoms with E-state index in [1.165, 1.54) is 31.2 Å². The second kappa shape index (κ2) is 9.59. The van der Waals surface area contributed by atoms with E-state index >= 15 is 0 Å². The minimum absolute atomic E-state index is 0.00959. The van der Waals surface area contributed by atoms with Gasteiger partial charge < -0.3 is 10.1 Å². The summed E-state index contributed by atoms with van der Waals surface area (Å²) in [5.41, 5.74) is -2.11. The summed E-state index contributed by atoms with van der Waals surface area (Å²) >= 11 is 0. The first kappa shape index (κ1) is 23.8. The van der Waals surface area contributed by atoms with Crippen LogP contribution in [0.5, 0.6) is 0 Å². The highest BCUT2D eigenvalue weighted by Crippen LogP contribution is 2.33. The molecule has 0 amide bonds. The molecule has 0 radical (unpaired) electrons. The molecule has 2 aromatic carbocycles. The molecule has 1 atom stereocenters. The third-order valence-electron chi connectivity index (χ3n) is 4.31. The third-order valence-corrected chi connectivity index (χ3v) is 5.82. The van der Waals surface area contributed by atoms with E-state index < -0.39 is 39.1 Å². The largest absolute Gasteiger partial charge is 0.464 e. The summed E-state index contributed by atoms with van der Waals surface area (Å²) < 4.78 is 73.9. The van der Waals surface area contributed by atoms with Crippen LogP contribution in [0.1, 0.15) is 18.1 Å². The molecule has 0 fully saturated rings. The van der Waals surface area contributed by atoms with Crippen LogP contribution < -0.4 is 10.0 Å². The van der Waals surface area contributed by atoms with E-state index in [2.05, 4.69) is 10.1 Å². The number of esters is 1. The molecular formula is C20H23F3N2O4S. The topological polar surface area (TPSA) is 84.5 Å². The second-order valence-corrected chi connectivity index (χ2v) is 8.31. The molecular weight excluding hydrogens is 421 g/mol. The minimum atomic E-state index is -5.26. The Morgan fingerprint density at radius 2 is 1.63 bits per heavy atom. The van der Waals surface area contributed by atoms with Gasteiger partial charge >= 0.3 is 12.1 Å². The predicted molar refractivity (Wildman–Crippen MR) is 105 cm³/mol. The first-order valence-corrected chi connectivity index (χ1v) is 10.6. The van der Waals surface area contributed by atoms with Gasteiger partial charge in [-0.1, -0.05) is 48.0 Å². The quantitative estimate of drug-likeness (QED) is 0.581. The molecule has 0 saturated carbocycles. The Morgan fingerprint density at radius 3 is 2.17 bits per heavy atom. The Balaban J connectivity index is 2.39. The van der Waals surface area contributed by atoms with Gasteiger partial charge in [-0.2, -0.15) is 17.9 Å². The van der Waals surface area contributed by atoms with E-state index in [0.29, 0.717) is 5.56 Å². The number of hydrogen-bond donors (Lipinski definition) is 2. The number of hydrogen-bond acceptors (Lipinski definition) is 5. The zero-order valence-electron chi connectivity index (χ0n) is 16.5. The van der Waals surface area contributed by atoms with Gasteiger partial charge in [-0.25, -0.2) is 13.2 Å². The van der Waals surface area contributed by atoms with Crippen LogP contribution >= 0.6 is 0 Å². The zero-order valence-corrected chi connectivity index (χ0v) is 17.3. The Hall–Kier alpha value is -2.43. The van der Waals surface area contributed by atoms with Crippen molar-refractivity contribution in [2.45, 2.75) is 37.0 Å². The number of sulfonamides is 1.